The lowest BCUT2D eigenvalue weighted by Crippen LogP contribution is -2.46. The van der Waals surface area contributed by atoms with E-state index in [0.29, 0.717) is 24.7 Å². The molecule has 0 spiro atoms. The zero-order valence-corrected chi connectivity index (χ0v) is 26.1. The molecule has 0 radical (unpaired) electrons. The monoisotopic (exact) mass is 610 g/mol. The van der Waals surface area contributed by atoms with Crippen molar-refractivity contribution in [2.45, 2.75) is 17.5 Å². The highest BCUT2D eigenvalue weighted by atomic mass is 32.2. The zero-order valence-electron chi connectivity index (χ0n) is 25.2. The Labute approximate surface area is 263 Å². The van der Waals surface area contributed by atoms with Crippen molar-refractivity contribution in [3.63, 3.8) is 0 Å². The van der Waals surface area contributed by atoms with E-state index in [2.05, 4.69) is 45.4 Å². The van der Waals surface area contributed by atoms with Crippen LogP contribution in [0.5, 0.6) is 11.5 Å². The molecular formula is C34H38N6O3S. The minimum atomic E-state index is -0.0547. The molecule has 228 valence electrons. The summed E-state index contributed by atoms with van der Waals surface area (Å²) in [6.45, 7) is 6.21. The number of aromatic nitrogens is 2. The molecule has 1 aromatic heterocycles. The van der Waals surface area contributed by atoms with Crippen LogP contribution in [0.3, 0.4) is 0 Å². The fourth-order valence-electron chi connectivity index (χ4n) is 5.27. The Hall–Kier alpha value is -4.12. The predicted octanol–water partition coefficient (Wildman–Crippen LogP) is 4.78. The number of fused-ring (bicyclic) bond motifs is 1. The summed E-state index contributed by atoms with van der Waals surface area (Å²) in [7, 11) is 3.99. The number of nitrogens with zero attached hydrogens (tertiary/aromatic N) is 5. The highest BCUT2D eigenvalue weighted by Gasteiger charge is 2.21. The van der Waals surface area contributed by atoms with Crippen molar-refractivity contribution >= 4 is 23.5 Å². The first-order valence-corrected chi connectivity index (χ1v) is 15.9. The van der Waals surface area contributed by atoms with Crippen LogP contribution in [0.15, 0.2) is 84.0 Å². The maximum Gasteiger partial charge on any atom is 0.251 e. The van der Waals surface area contributed by atoms with Gasteiger partial charge in [0.2, 0.25) is 6.79 Å². The number of anilines is 1. The first-order valence-electron chi connectivity index (χ1n) is 15.0. The summed E-state index contributed by atoms with van der Waals surface area (Å²) in [4.78, 5) is 29.5. The molecule has 44 heavy (non-hydrogen) atoms. The molecule has 4 aromatic rings. The van der Waals surface area contributed by atoms with Gasteiger partial charge in [-0.15, -0.1) is 0 Å². The lowest BCUT2D eigenvalue weighted by Gasteiger charge is -2.35. The minimum absolute atomic E-state index is 0.0547. The number of nitrogens with one attached hydrogen (secondary N) is 1. The van der Waals surface area contributed by atoms with Crippen molar-refractivity contribution in [2.24, 2.45) is 0 Å². The van der Waals surface area contributed by atoms with Gasteiger partial charge in [0, 0.05) is 68.8 Å². The summed E-state index contributed by atoms with van der Waals surface area (Å²) in [5.74, 6) is 3.20. The number of rotatable bonds is 11. The van der Waals surface area contributed by atoms with Crippen LogP contribution < -0.4 is 19.7 Å². The van der Waals surface area contributed by atoms with Crippen LogP contribution in [-0.2, 0) is 12.3 Å². The standard InChI is InChI=1S/C34H38N6O3S/c1-38(2)14-13-35-33(41)28-10-6-7-26(19-28)23-44-34-36-29(27-8-4-3-5-9-27)21-32(37-34)40-17-15-39(16-18-40)22-25-11-12-30-31(20-25)43-24-42-30/h3-12,19-21H,13-18,22-24H2,1-2H3,(H,35,41). The van der Waals surface area contributed by atoms with Gasteiger partial charge in [-0.3, -0.25) is 9.69 Å². The van der Waals surface area contributed by atoms with Crippen LogP contribution in [0.1, 0.15) is 21.5 Å². The van der Waals surface area contributed by atoms with Crippen molar-refractivity contribution in [1.82, 2.24) is 25.1 Å². The number of benzene rings is 3. The van der Waals surface area contributed by atoms with Crippen LogP contribution in [0.25, 0.3) is 11.3 Å². The van der Waals surface area contributed by atoms with Crippen LogP contribution in [-0.4, -0.2) is 85.8 Å². The summed E-state index contributed by atoms with van der Waals surface area (Å²) in [6.07, 6.45) is 0. The fraction of sp³-hybridized carbons (Fsp3) is 0.324. The van der Waals surface area contributed by atoms with Crippen LogP contribution in [0, 0.1) is 0 Å². The van der Waals surface area contributed by atoms with Crippen molar-refractivity contribution in [3.8, 4) is 22.8 Å². The Morgan fingerprint density at radius 1 is 0.886 bits per heavy atom. The quantitative estimate of drug-likeness (QED) is 0.191. The van der Waals surface area contributed by atoms with Crippen molar-refractivity contribution < 1.29 is 14.3 Å². The maximum atomic E-state index is 12.7. The van der Waals surface area contributed by atoms with E-state index in [4.69, 9.17) is 19.4 Å². The lowest BCUT2D eigenvalue weighted by molar-refractivity contribution is 0.0951. The Kier molecular flexibility index (Phi) is 9.60. The minimum Gasteiger partial charge on any atom is -0.454 e. The Balaban J connectivity index is 1.13. The third-order valence-electron chi connectivity index (χ3n) is 7.70. The number of likely N-dealkylation sites (N-methyl/N-ethyl adjacent to an activating group) is 1. The van der Waals surface area contributed by atoms with Crippen molar-refractivity contribution in [1.29, 1.82) is 0 Å². The van der Waals surface area contributed by atoms with Gasteiger partial charge in [0.05, 0.1) is 5.69 Å². The average molecular weight is 611 g/mol. The topological polar surface area (TPSA) is 83.1 Å². The van der Waals surface area contributed by atoms with Gasteiger partial charge in [-0.1, -0.05) is 60.3 Å². The SMILES string of the molecule is CN(C)CCNC(=O)c1cccc(CSc2nc(-c3ccccc3)cc(N3CCN(Cc4ccc5c(c4)OCO5)CC3)n2)c1. The van der Waals surface area contributed by atoms with E-state index < -0.39 is 0 Å². The van der Waals surface area contributed by atoms with Gasteiger partial charge < -0.3 is 24.6 Å². The maximum absolute atomic E-state index is 12.7. The fourth-order valence-corrected chi connectivity index (χ4v) is 6.07. The molecule has 1 fully saturated rings. The lowest BCUT2D eigenvalue weighted by atomic mass is 10.1. The van der Waals surface area contributed by atoms with E-state index in [9.17, 15) is 4.79 Å². The molecule has 6 rings (SSSR count). The summed E-state index contributed by atoms with van der Waals surface area (Å²) in [6, 6.07) is 26.4. The second kappa shape index (κ2) is 14.1. The Bertz CT molecular complexity index is 1580. The number of piperazine rings is 1. The van der Waals surface area contributed by atoms with Crippen LogP contribution >= 0.6 is 11.8 Å². The normalized spacial score (nSPS) is 14.7. The van der Waals surface area contributed by atoms with E-state index in [1.807, 2.05) is 67.5 Å². The van der Waals surface area contributed by atoms with E-state index in [1.54, 1.807) is 11.8 Å². The van der Waals surface area contributed by atoms with Gasteiger partial charge in [-0.05, 0) is 49.5 Å². The summed E-state index contributed by atoms with van der Waals surface area (Å²) in [5, 5.41) is 3.72. The number of thioether (sulfide) groups is 1. The van der Waals surface area contributed by atoms with E-state index >= 15 is 0 Å². The molecule has 3 heterocycles. The average Bonchev–Trinajstić information content (AvgIpc) is 3.52. The van der Waals surface area contributed by atoms with Crippen LogP contribution in [0.4, 0.5) is 5.82 Å². The third kappa shape index (κ3) is 7.68. The molecule has 1 amide bonds. The molecule has 0 bridgehead atoms. The first kappa shape index (κ1) is 29.9. The molecule has 0 unspecified atom stereocenters. The highest BCUT2D eigenvalue weighted by Crippen LogP contribution is 2.33. The van der Waals surface area contributed by atoms with Gasteiger partial charge in [-0.25, -0.2) is 9.97 Å². The number of hydrogen-bond donors (Lipinski definition) is 1. The van der Waals surface area contributed by atoms with Gasteiger partial charge in [0.25, 0.3) is 5.91 Å². The third-order valence-corrected chi connectivity index (χ3v) is 8.62. The molecule has 3 aromatic carbocycles. The first-order chi connectivity index (χ1) is 21.5. The molecule has 0 aliphatic carbocycles. The molecule has 10 heteroatoms. The van der Waals surface area contributed by atoms with E-state index in [0.717, 1.165) is 78.6 Å². The van der Waals surface area contributed by atoms with Crippen LogP contribution in [0.2, 0.25) is 0 Å². The number of carbonyl (C=O) groups is 1. The predicted molar refractivity (Wildman–Crippen MR) is 174 cm³/mol. The van der Waals surface area contributed by atoms with Gasteiger partial charge in [0.15, 0.2) is 16.7 Å². The van der Waals surface area contributed by atoms with Crippen molar-refractivity contribution in [2.75, 3.05) is 65.1 Å². The second-order valence-electron chi connectivity index (χ2n) is 11.3. The molecule has 2 aliphatic heterocycles. The number of hydrogen-bond acceptors (Lipinski definition) is 9. The van der Waals surface area contributed by atoms with Crippen molar-refractivity contribution in [3.05, 3.63) is 95.6 Å². The van der Waals surface area contributed by atoms with E-state index in [1.165, 1.54) is 5.56 Å². The van der Waals surface area contributed by atoms with Gasteiger partial charge in [0.1, 0.15) is 5.82 Å². The van der Waals surface area contributed by atoms with Gasteiger partial charge in [-0.2, -0.15) is 0 Å². The zero-order chi connectivity index (χ0) is 30.3. The summed E-state index contributed by atoms with van der Waals surface area (Å²) in [5.41, 5.74) is 4.93. The molecule has 2 aliphatic rings. The number of amides is 1. The number of ether oxygens (including phenoxy) is 2. The largest absolute Gasteiger partial charge is 0.454 e. The molecule has 1 N–H and O–H groups in total. The Morgan fingerprint density at radius 2 is 1.70 bits per heavy atom. The summed E-state index contributed by atoms with van der Waals surface area (Å²) < 4.78 is 11.0. The number of carbonyl (C=O) groups excluding carboxylic acids is 1. The highest BCUT2D eigenvalue weighted by molar-refractivity contribution is 7.98. The van der Waals surface area contributed by atoms with Gasteiger partial charge >= 0.3 is 0 Å². The molecule has 1 saturated heterocycles. The molecule has 9 nitrogen and oxygen atoms in total. The summed E-state index contributed by atoms with van der Waals surface area (Å²) >= 11 is 1.59. The molecule has 0 atom stereocenters. The van der Waals surface area contributed by atoms with E-state index in [-0.39, 0.29) is 5.91 Å². The smallest absolute Gasteiger partial charge is 0.251 e. The Morgan fingerprint density at radius 3 is 2.52 bits per heavy atom. The molecular weight excluding hydrogens is 572 g/mol. The molecule has 0 saturated carbocycles. The second-order valence-corrected chi connectivity index (χ2v) is 12.2.